The van der Waals surface area contributed by atoms with Gasteiger partial charge in [-0.25, -0.2) is 4.98 Å². The van der Waals surface area contributed by atoms with Crippen molar-refractivity contribution in [2.75, 3.05) is 25.6 Å². The minimum Gasteiger partial charge on any atom is -0.474 e. The van der Waals surface area contributed by atoms with Gasteiger partial charge in [0, 0.05) is 6.61 Å². The first-order chi connectivity index (χ1) is 7.24. The average molecular weight is 276 g/mol. The maximum atomic E-state index is 5.43. The molecule has 0 fully saturated rings. The SMILES string of the molecule is CCCOCCOc1nc(N)ncc1Br. The zero-order valence-electron chi connectivity index (χ0n) is 8.57. The molecule has 0 aliphatic carbocycles. The predicted molar refractivity (Wildman–Crippen MR) is 60.7 cm³/mol. The third-order valence-electron chi connectivity index (χ3n) is 1.55. The largest absolute Gasteiger partial charge is 0.474 e. The molecule has 84 valence electrons. The summed E-state index contributed by atoms with van der Waals surface area (Å²) in [5.74, 6) is 0.644. The van der Waals surface area contributed by atoms with Crippen molar-refractivity contribution in [3.63, 3.8) is 0 Å². The first-order valence-electron chi connectivity index (χ1n) is 4.72. The van der Waals surface area contributed by atoms with Gasteiger partial charge in [0.2, 0.25) is 11.8 Å². The van der Waals surface area contributed by atoms with E-state index in [-0.39, 0.29) is 5.95 Å². The minimum absolute atomic E-state index is 0.197. The Balaban J connectivity index is 2.33. The highest BCUT2D eigenvalue weighted by Crippen LogP contribution is 2.21. The highest BCUT2D eigenvalue weighted by molar-refractivity contribution is 9.10. The molecule has 0 bridgehead atoms. The van der Waals surface area contributed by atoms with Crippen LogP contribution in [0.4, 0.5) is 5.95 Å². The molecule has 0 aliphatic rings. The number of halogens is 1. The molecule has 1 heterocycles. The zero-order valence-corrected chi connectivity index (χ0v) is 10.2. The van der Waals surface area contributed by atoms with Crippen molar-refractivity contribution in [3.05, 3.63) is 10.7 Å². The van der Waals surface area contributed by atoms with Gasteiger partial charge in [-0.15, -0.1) is 0 Å². The lowest BCUT2D eigenvalue weighted by molar-refractivity contribution is 0.0987. The van der Waals surface area contributed by atoms with E-state index in [1.807, 2.05) is 0 Å². The van der Waals surface area contributed by atoms with Gasteiger partial charge in [0.1, 0.15) is 6.61 Å². The van der Waals surface area contributed by atoms with E-state index in [0.29, 0.717) is 23.6 Å². The summed E-state index contributed by atoms with van der Waals surface area (Å²) in [6, 6.07) is 0. The Morgan fingerprint density at radius 3 is 2.93 bits per heavy atom. The van der Waals surface area contributed by atoms with Crippen LogP contribution in [0, 0.1) is 0 Å². The summed E-state index contributed by atoms with van der Waals surface area (Å²) in [5.41, 5.74) is 5.43. The number of aromatic nitrogens is 2. The molecule has 15 heavy (non-hydrogen) atoms. The van der Waals surface area contributed by atoms with Crippen LogP contribution in [-0.4, -0.2) is 29.8 Å². The smallest absolute Gasteiger partial charge is 0.232 e. The van der Waals surface area contributed by atoms with Gasteiger partial charge < -0.3 is 15.2 Å². The summed E-state index contributed by atoms with van der Waals surface area (Å²) in [7, 11) is 0. The monoisotopic (exact) mass is 275 g/mol. The summed E-state index contributed by atoms with van der Waals surface area (Å²) in [6.07, 6.45) is 2.56. The number of nitrogen functional groups attached to an aromatic ring is 1. The zero-order chi connectivity index (χ0) is 11.1. The number of hydrogen-bond acceptors (Lipinski definition) is 5. The van der Waals surface area contributed by atoms with Gasteiger partial charge in [0.25, 0.3) is 0 Å². The van der Waals surface area contributed by atoms with E-state index in [4.69, 9.17) is 15.2 Å². The van der Waals surface area contributed by atoms with Gasteiger partial charge in [-0.2, -0.15) is 4.98 Å². The van der Waals surface area contributed by atoms with Crippen LogP contribution in [0.5, 0.6) is 5.88 Å². The van der Waals surface area contributed by atoms with Gasteiger partial charge in [-0.3, -0.25) is 0 Å². The van der Waals surface area contributed by atoms with E-state index in [1.54, 1.807) is 6.20 Å². The molecule has 0 aromatic carbocycles. The van der Waals surface area contributed by atoms with E-state index in [9.17, 15) is 0 Å². The number of ether oxygens (including phenoxy) is 2. The van der Waals surface area contributed by atoms with E-state index in [2.05, 4.69) is 32.8 Å². The number of nitrogens with zero attached hydrogens (tertiary/aromatic N) is 2. The first kappa shape index (κ1) is 12.2. The second-order valence-corrected chi connectivity index (χ2v) is 3.70. The van der Waals surface area contributed by atoms with Gasteiger partial charge in [-0.05, 0) is 22.4 Å². The van der Waals surface area contributed by atoms with Crippen LogP contribution >= 0.6 is 15.9 Å². The van der Waals surface area contributed by atoms with E-state index in [1.165, 1.54) is 0 Å². The molecular formula is C9H14BrN3O2. The first-order valence-corrected chi connectivity index (χ1v) is 5.52. The Bertz CT molecular complexity index is 309. The molecule has 0 unspecified atom stereocenters. The molecule has 2 N–H and O–H groups in total. The van der Waals surface area contributed by atoms with Crippen molar-refractivity contribution in [3.8, 4) is 5.88 Å². The second-order valence-electron chi connectivity index (χ2n) is 2.84. The van der Waals surface area contributed by atoms with Crippen LogP contribution in [0.15, 0.2) is 10.7 Å². The van der Waals surface area contributed by atoms with Gasteiger partial charge >= 0.3 is 0 Å². The van der Waals surface area contributed by atoms with Crippen molar-refractivity contribution >= 4 is 21.9 Å². The highest BCUT2D eigenvalue weighted by Gasteiger charge is 2.03. The van der Waals surface area contributed by atoms with Crippen LogP contribution < -0.4 is 10.5 Å². The molecule has 0 spiro atoms. The summed E-state index contributed by atoms with van der Waals surface area (Å²) in [6.45, 7) is 3.80. The minimum atomic E-state index is 0.197. The lowest BCUT2D eigenvalue weighted by Gasteiger charge is -2.07. The molecule has 5 nitrogen and oxygen atoms in total. The number of rotatable bonds is 6. The molecule has 0 radical (unpaired) electrons. The van der Waals surface area contributed by atoms with Crippen LogP contribution in [0.1, 0.15) is 13.3 Å². The molecule has 0 atom stereocenters. The van der Waals surface area contributed by atoms with Crippen LogP contribution in [0.2, 0.25) is 0 Å². The fourth-order valence-electron chi connectivity index (χ4n) is 0.909. The molecular weight excluding hydrogens is 262 g/mol. The fourth-order valence-corrected chi connectivity index (χ4v) is 1.21. The van der Waals surface area contributed by atoms with E-state index in [0.717, 1.165) is 13.0 Å². The Kier molecular flexibility index (Phi) is 5.34. The number of hydrogen-bond donors (Lipinski definition) is 1. The van der Waals surface area contributed by atoms with E-state index < -0.39 is 0 Å². The standard InChI is InChI=1S/C9H14BrN3O2/c1-2-3-14-4-5-15-8-7(10)6-12-9(11)13-8/h6H,2-5H2,1H3,(H2,11,12,13). The van der Waals surface area contributed by atoms with Gasteiger partial charge in [0.05, 0.1) is 17.3 Å². The number of nitrogens with two attached hydrogens (primary N) is 1. The maximum absolute atomic E-state index is 5.43. The summed E-state index contributed by atoms with van der Waals surface area (Å²) < 4.78 is 11.3. The molecule has 0 saturated heterocycles. The molecule has 0 aliphatic heterocycles. The van der Waals surface area contributed by atoms with Gasteiger partial charge in [-0.1, -0.05) is 6.92 Å². The summed E-state index contributed by atoms with van der Waals surface area (Å²) in [4.78, 5) is 7.74. The molecule has 6 heteroatoms. The predicted octanol–water partition coefficient (Wildman–Crippen LogP) is 1.63. The van der Waals surface area contributed by atoms with E-state index >= 15 is 0 Å². The Morgan fingerprint density at radius 1 is 1.40 bits per heavy atom. The molecule has 1 aromatic heterocycles. The Morgan fingerprint density at radius 2 is 2.20 bits per heavy atom. The Labute approximate surface area is 97.1 Å². The topological polar surface area (TPSA) is 70.3 Å². The van der Waals surface area contributed by atoms with Crippen LogP contribution in [-0.2, 0) is 4.74 Å². The average Bonchev–Trinajstić information content (AvgIpc) is 2.23. The van der Waals surface area contributed by atoms with Crippen LogP contribution in [0.3, 0.4) is 0 Å². The van der Waals surface area contributed by atoms with Crippen molar-refractivity contribution in [2.45, 2.75) is 13.3 Å². The van der Waals surface area contributed by atoms with Crippen molar-refractivity contribution in [1.29, 1.82) is 0 Å². The molecule has 0 saturated carbocycles. The maximum Gasteiger partial charge on any atom is 0.232 e. The molecule has 1 rings (SSSR count). The third-order valence-corrected chi connectivity index (χ3v) is 2.09. The number of anilines is 1. The molecule has 1 aromatic rings. The fraction of sp³-hybridized carbons (Fsp3) is 0.556. The third kappa shape index (κ3) is 4.44. The second kappa shape index (κ2) is 6.58. The highest BCUT2D eigenvalue weighted by atomic mass is 79.9. The lowest BCUT2D eigenvalue weighted by Crippen LogP contribution is -2.09. The molecule has 0 amide bonds. The Hall–Kier alpha value is -0.880. The van der Waals surface area contributed by atoms with Gasteiger partial charge in [0.15, 0.2) is 0 Å². The van der Waals surface area contributed by atoms with Crippen LogP contribution in [0.25, 0.3) is 0 Å². The summed E-state index contributed by atoms with van der Waals surface area (Å²) in [5, 5.41) is 0. The summed E-state index contributed by atoms with van der Waals surface area (Å²) >= 11 is 3.27. The van der Waals surface area contributed by atoms with Crippen molar-refractivity contribution in [2.24, 2.45) is 0 Å². The van der Waals surface area contributed by atoms with Crippen molar-refractivity contribution < 1.29 is 9.47 Å². The van der Waals surface area contributed by atoms with Crippen molar-refractivity contribution in [1.82, 2.24) is 9.97 Å². The quantitative estimate of drug-likeness (QED) is 0.799. The lowest BCUT2D eigenvalue weighted by atomic mass is 10.5. The normalized spacial score (nSPS) is 10.3.